The first-order valence-electron chi connectivity index (χ1n) is 16.5. The van der Waals surface area contributed by atoms with E-state index in [4.69, 9.17) is 14.5 Å². The zero-order valence-electron chi connectivity index (χ0n) is 27.9. The van der Waals surface area contributed by atoms with E-state index in [0.29, 0.717) is 23.9 Å². The van der Waals surface area contributed by atoms with Gasteiger partial charge in [0.15, 0.2) is 0 Å². The quantitative estimate of drug-likeness (QED) is 0.228. The maximum absolute atomic E-state index is 13.0. The highest BCUT2D eigenvalue weighted by Gasteiger charge is 2.40. The van der Waals surface area contributed by atoms with Gasteiger partial charge in [-0.15, -0.1) is 0 Å². The zero-order valence-corrected chi connectivity index (χ0v) is 27.9. The fourth-order valence-electron chi connectivity index (χ4n) is 6.85. The maximum atomic E-state index is 13.0. The van der Waals surface area contributed by atoms with Gasteiger partial charge in [0.25, 0.3) is 5.91 Å². The molecule has 1 amide bonds. The lowest BCUT2D eigenvalue weighted by Crippen LogP contribution is -2.44. The molecule has 2 fully saturated rings. The Morgan fingerprint density at radius 2 is 1.62 bits per heavy atom. The Morgan fingerprint density at radius 3 is 2.22 bits per heavy atom. The monoisotopic (exact) mass is 611 g/mol. The smallest absolute Gasteiger partial charge is 0.332 e. The van der Waals surface area contributed by atoms with Crippen LogP contribution in [0.5, 0.6) is 0 Å². The summed E-state index contributed by atoms with van der Waals surface area (Å²) in [6.45, 7) is 14.3. The molecule has 0 atom stereocenters. The molecule has 1 aliphatic heterocycles. The van der Waals surface area contributed by atoms with Crippen LogP contribution in [0.1, 0.15) is 92.7 Å². The molecule has 1 saturated heterocycles. The van der Waals surface area contributed by atoms with E-state index >= 15 is 0 Å². The molecule has 240 valence electrons. The van der Waals surface area contributed by atoms with Gasteiger partial charge in [-0.2, -0.15) is 0 Å². The van der Waals surface area contributed by atoms with E-state index in [0.717, 1.165) is 46.7 Å². The molecule has 3 aromatic rings. The average Bonchev–Trinajstić information content (AvgIpc) is 3.00. The third kappa shape index (κ3) is 7.93. The molecule has 1 aliphatic carbocycles. The van der Waals surface area contributed by atoms with Crippen LogP contribution in [0.2, 0.25) is 0 Å². The van der Waals surface area contributed by atoms with Gasteiger partial charge in [-0.1, -0.05) is 48.9 Å². The lowest BCUT2D eigenvalue weighted by molar-refractivity contribution is -0.158. The molecule has 1 aromatic heterocycles. The van der Waals surface area contributed by atoms with Crippen molar-refractivity contribution in [2.75, 3.05) is 24.6 Å². The number of nitrogens with one attached hydrogen (secondary N) is 1. The number of anilines is 1. The highest BCUT2D eigenvalue weighted by Crippen LogP contribution is 2.50. The number of pyridine rings is 1. The summed E-state index contributed by atoms with van der Waals surface area (Å²) < 4.78 is 11.5. The Morgan fingerprint density at radius 1 is 0.956 bits per heavy atom. The van der Waals surface area contributed by atoms with Crippen LogP contribution in [0.25, 0.3) is 11.1 Å². The van der Waals surface area contributed by atoms with Crippen molar-refractivity contribution in [2.45, 2.75) is 98.3 Å². The van der Waals surface area contributed by atoms with Crippen molar-refractivity contribution < 1.29 is 19.1 Å². The number of nitrogens with zero attached hydrogens (tertiary/aromatic N) is 2. The fraction of sp³-hybridized carbons (Fsp3) is 0.500. The molecule has 7 heteroatoms. The van der Waals surface area contributed by atoms with Crippen LogP contribution >= 0.6 is 0 Å². The van der Waals surface area contributed by atoms with Gasteiger partial charge in [-0.3, -0.25) is 9.78 Å². The summed E-state index contributed by atoms with van der Waals surface area (Å²) in [6, 6.07) is 17.8. The van der Waals surface area contributed by atoms with Crippen LogP contribution < -0.4 is 10.2 Å². The van der Waals surface area contributed by atoms with Gasteiger partial charge >= 0.3 is 5.97 Å². The van der Waals surface area contributed by atoms with Crippen LogP contribution in [0, 0.1) is 19.3 Å². The number of aromatic nitrogens is 1. The summed E-state index contributed by atoms with van der Waals surface area (Å²) in [5.41, 5.74) is 8.03. The standard InChI is InChI=1S/C38H49N3O4/c1-26(2)45-33(42)25-44-37(5,6)23-32-27(3)40-28(4)34(35(32)41-21-19-38(20-22-41)17-10-18-38)30-13-15-31(16-14-30)36(43)39-24-29-11-8-7-9-12-29/h7-9,11-16,26H,10,17-25H2,1-6H3,(H,39,43). The van der Waals surface area contributed by atoms with Gasteiger partial charge < -0.3 is 19.7 Å². The predicted molar refractivity (Wildman–Crippen MR) is 179 cm³/mol. The minimum Gasteiger partial charge on any atom is -0.461 e. The van der Waals surface area contributed by atoms with E-state index in [2.05, 4.69) is 24.1 Å². The van der Waals surface area contributed by atoms with Crippen molar-refractivity contribution in [2.24, 2.45) is 5.41 Å². The van der Waals surface area contributed by atoms with E-state index < -0.39 is 5.60 Å². The molecule has 1 saturated carbocycles. The molecule has 2 heterocycles. The van der Waals surface area contributed by atoms with Crippen LogP contribution in [0.4, 0.5) is 5.69 Å². The van der Waals surface area contributed by atoms with E-state index in [1.807, 2.05) is 82.3 Å². The van der Waals surface area contributed by atoms with Crippen LogP contribution in [-0.2, 0) is 27.2 Å². The fourth-order valence-corrected chi connectivity index (χ4v) is 6.85. The lowest BCUT2D eigenvalue weighted by Gasteiger charge is -2.49. The number of aryl methyl sites for hydroxylation is 2. The third-order valence-electron chi connectivity index (χ3n) is 9.49. The van der Waals surface area contributed by atoms with Gasteiger partial charge in [0, 0.05) is 54.1 Å². The normalized spacial score (nSPS) is 16.0. The van der Waals surface area contributed by atoms with Crippen LogP contribution in [-0.4, -0.2) is 48.3 Å². The molecule has 0 unspecified atom stereocenters. The number of hydrogen-bond acceptors (Lipinski definition) is 6. The molecular weight excluding hydrogens is 562 g/mol. The van der Waals surface area contributed by atoms with Gasteiger partial charge in [0.2, 0.25) is 0 Å². The molecule has 7 nitrogen and oxygen atoms in total. The first-order chi connectivity index (χ1) is 21.5. The number of rotatable bonds is 11. The summed E-state index contributed by atoms with van der Waals surface area (Å²) in [7, 11) is 0. The van der Waals surface area contributed by atoms with Crippen LogP contribution in [0.15, 0.2) is 54.6 Å². The molecule has 2 aliphatic rings. The third-order valence-corrected chi connectivity index (χ3v) is 9.49. The highest BCUT2D eigenvalue weighted by molar-refractivity contribution is 5.95. The molecule has 45 heavy (non-hydrogen) atoms. The average molecular weight is 612 g/mol. The summed E-state index contributed by atoms with van der Waals surface area (Å²) in [5.74, 6) is -0.450. The molecule has 0 bridgehead atoms. The Bertz CT molecular complexity index is 1480. The number of piperidine rings is 1. The number of esters is 1. The number of ether oxygens (including phenoxy) is 2. The Balaban J connectivity index is 1.44. The lowest BCUT2D eigenvalue weighted by atomic mass is 9.63. The number of hydrogen-bond donors (Lipinski definition) is 1. The van der Waals surface area contributed by atoms with Crippen molar-refractivity contribution in [3.05, 3.63) is 82.7 Å². The highest BCUT2D eigenvalue weighted by atomic mass is 16.6. The number of amides is 1. The van der Waals surface area contributed by atoms with Crippen LogP contribution in [0.3, 0.4) is 0 Å². The predicted octanol–water partition coefficient (Wildman–Crippen LogP) is 7.36. The summed E-state index contributed by atoms with van der Waals surface area (Å²) in [4.78, 5) is 32.9. The topological polar surface area (TPSA) is 80.8 Å². The Hall–Kier alpha value is -3.71. The number of benzene rings is 2. The van der Waals surface area contributed by atoms with E-state index in [1.165, 1.54) is 37.8 Å². The van der Waals surface area contributed by atoms with Crippen molar-refractivity contribution in [3.63, 3.8) is 0 Å². The summed E-state index contributed by atoms with van der Waals surface area (Å²) in [5, 5.41) is 3.03. The molecule has 5 rings (SSSR count). The zero-order chi connectivity index (χ0) is 32.2. The molecule has 1 spiro atoms. The van der Waals surface area contributed by atoms with E-state index in [9.17, 15) is 9.59 Å². The Kier molecular flexibility index (Phi) is 9.97. The maximum Gasteiger partial charge on any atom is 0.332 e. The summed E-state index contributed by atoms with van der Waals surface area (Å²) >= 11 is 0. The SMILES string of the molecule is Cc1nc(C)c(-c2ccc(C(=O)NCc3ccccc3)cc2)c(N2CCC3(CCC3)CC2)c1CC(C)(C)OCC(=O)OC(C)C. The van der Waals surface area contributed by atoms with Crippen molar-refractivity contribution in [1.29, 1.82) is 0 Å². The second-order valence-electron chi connectivity index (χ2n) is 13.8. The van der Waals surface area contributed by atoms with Crippen molar-refractivity contribution in [1.82, 2.24) is 10.3 Å². The first kappa shape index (κ1) is 32.7. The molecule has 2 aromatic carbocycles. The molecule has 1 N–H and O–H groups in total. The number of carbonyl (C=O) groups excluding carboxylic acids is 2. The second kappa shape index (κ2) is 13.7. The van der Waals surface area contributed by atoms with Gasteiger partial charge in [-0.25, -0.2) is 4.79 Å². The second-order valence-corrected chi connectivity index (χ2v) is 13.8. The first-order valence-corrected chi connectivity index (χ1v) is 16.5. The number of carbonyl (C=O) groups is 2. The molecule has 0 radical (unpaired) electrons. The largest absolute Gasteiger partial charge is 0.461 e. The van der Waals surface area contributed by atoms with Crippen molar-refractivity contribution >= 4 is 17.6 Å². The summed E-state index contributed by atoms with van der Waals surface area (Å²) in [6.07, 6.45) is 6.86. The Labute approximate surface area is 268 Å². The van der Waals surface area contributed by atoms with E-state index in [-0.39, 0.29) is 24.6 Å². The molecular formula is C38H49N3O4. The van der Waals surface area contributed by atoms with Gasteiger partial charge in [-0.05, 0) is 95.9 Å². The van der Waals surface area contributed by atoms with Crippen molar-refractivity contribution in [3.8, 4) is 11.1 Å². The van der Waals surface area contributed by atoms with Gasteiger partial charge in [0.1, 0.15) is 6.61 Å². The van der Waals surface area contributed by atoms with E-state index in [1.54, 1.807) is 0 Å². The minimum atomic E-state index is -0.616. The minimum absolute atomic E-state index is 0.0915. The van der Waals surface area contributed by atoms with Gasteiger partial charge in [0.05, 0.1) is 17.4 Å².